The number of ether oxygens (including phenoxy) is 1. The lowest BCUT2D eigenvalue weighted by atomic mass is 10.0. The molecule has 3 heterocycles. The number of rotatable bonds is 0. The Kier molecular flexibility index (Phi) is 1.20. The second kappa shape index (κ2) is 2.25. The van der Waals surface area contributed by atoms with Gasteiger partial charge in [-0.15, -0.1) is 0 Å². The van der Waals surface area contributed by atoms with E-state index in [0.29, 0.717) is 19.7 Å². The largest absolute Gasteiger partial charge is 0.445 e. The van der Waals surface area contributed by atoms with Gasteiger partial charge >= 0.3 is 6.09 Å². The summed E-state index contributed by atoms with van der Waals surface area (Å²) in [4.78, 5) is 13.1. The Morgan fingerprint density at radius 2 is 1.69 bits per heavy atom. The minimum absolute atomic E-state index is 0.193. The molecule has 3 nitrogen and oxygen atoms in total. The molecule has 4 bridgehead atoms. The minimum Gasteiger partial charge on any atom is -0.445 e. The van der Waals surface area contributed by atoms with E-state index in [2.05, 4.69) is 18.2 Å². The minimum atomic E-state index is -0.193. The molecule has 0 saturated carbocycles. The maximum absolute atomic E-state index is 11.4. The summed E-state index contributed by atoms with van der Waals surface area (Å²) in [6.07, 6.45) is -0.193. The molecule has 0 unspecified atom stereocenters. The second-order valence-electron chi connectivity index (χ2n) is 3.57. The van der Waals surface area contributed by atoms with Crippen molar-refractivity contribution in [1.29, 1.82) is 0 Å². The highest BCUT2D eigenvalue weighted by atomic mass is 16.6. The number of fused-ring (bicyclic) bond motifs is 2. The second-order valence-corrected chi connectivity index (χ2v) is 3.57. The molecule has 1 aromatic carbocycles. The van der Waals surface area contributed by atoms with Crippen molar-refractivity contribution in [1.82, 2.24) is 4.90 Å². The van der Waals surface area contributed by atoms with Gasteiger partial charge in [0.15, 0.2) is 0 Å². The third kappa shape index (κ3) is 1.00. The van der Waals surface area contributed by atoms with Crippen molar-refractivity contribution >= 4 is 6.09 Å². The molecule has 3 aliphatic rings. The molecule has 66 valence electrons. The van der Waals surface area contributed by atoms with Crippen molar-refractivity contribution in [3.05, 3.63) is 34.9 Å². The van der Waals surface area contributed by atoms with Gasteiger partial charge in [-0.25, -0.2) is 4.79 Å². The summed E-state index contributed by atoms with van der Waals surface area (Å²) in [5.74, 6) is 0. The quantitative estimate of drug-likeness (QED) is 0.600. The smallest absolute Gasteiger partial charge is 0.410 e. The first-order chi connectivity index (χ1) is 6.31. The number of nitrogens with zero attached hydrogens (tertiary/aromatic N) is 1. The van der Waals surface area contributed by atoms with Gasteiger partial charge in [-0.3, -0.25) is 4.90 Å². The highest BCUT2D eigenvalue weighted by Gasteiger charge is 2.23. The van der Waals surface area contributed by atoms with E-state index in [1.165, 1.54) is 11.1 Å². The lowest BCUT2D eigenvalue weighted by Crippen LogP contribution is -2.34. The van der Waals surface area contributed by atoms with E-state index in [1.54, 1.807) is 4.90 Å². The zero-order chi connectivity index (χ0) is 8.84. The number of carbonyl (C=O) groups excluding carboxylic acids is 1. The molecule has 3 heteroatoms. The molecule has 0 N–H and O–H groups in total. The van der Waals surface area contributed by atoms with E-state index < -0.39 is 0 Å². The predicted molar refractivity (Wildman–Crippen MR) is 45.9 cm³/mol. The Bertz CT molecular complexity index is 361. The number of hydrogen-bond donors (Lipinski definition) is 0. The molecule has 0 atom stereocenters. The van der Waals surface area contributed by atoms with Crippen LogP contribution in [0.5, 0.6) is 0 Å². The van der Waals surface area contributed by atoms with Crippen LogP contribution in [-0.2, 0) is 24.4 Å². The molecule has 0 saturated heterocycles. The van der Waals surface area contributed by atoms with E-state index in [9.17, 15) is 4.79 Å². The molecule has 13 heavy (non-hydrogen) atoms. The molecule has 1 amide bonds. The van der Waals surface area contributed by atoms with Gasteiger partial charge in [0.25, 0.3) is 0 Å². The molecule has 0 radical (unpaired) electrons. The lowest BCUT2D eigenvalue weighted by molar-refractivity contribution is 0.0854. The van der Waals surface area contributed by atoms with Crippen LogP contribution in [0.2, 0.25) is 0 Å². The van der Waals surface area contributed by atoms with Crippen LogP contribution < -0.4 is 0 Å². The number of hydrogen-bond acceptors (Lipinski definition) is 2. The summed E-state index contributed by atoms with van der Waals surface area (Å²) in [5.41, 5.74) is 3.55. The van der Waals surface area contributed by atoms with E-state index in [-0.39, 0.29) is 6.09 Å². The van der Waals surface area contributed by atoms with Crippen LogP contribution in [0.15, 0.2) is 18.2 Å². The van der Waals surface area contributed by atoms with Gasteiger partial charge in [0, 0.05) is 13.1 Å². The Hall–Kier alpha value is -1.51. The Morgan fingerprint density at radius 3 is 2.38 bits per heavy atom. The van der Waals surface area contributed by atoms with E-state index >= 15 is 0 Å². The first kappa shape index (κ1) is 6.95. The molecule has 0 fully saturated rings. The fraction of sp³-hybridized carbons (Fsp3) is 0.300. The number of carbonyl (C=O) groups is 1. The molecular formula is C10H9NO2. The van der Waals surface area contributed by atoms with Gasteiger partial charge in [-0.2, -0.15) is 0 Å². The molecule has 0 aromatic heterocycles. The van der Waals surface area contributed by atoms with Crippen molar-refractivity contribution in [2.45, 2.75) is 19.7 Å². The Labute approximate surface area is 75.9 Å². The summed E-state index contributed by atoms with van der Waals surface area (Å²) in [6, 6.07) is 6.35. The Balaban J connectivity index is 2.18. The van der Waals surface area contributed by atoms with Crippen LogP contribution in [0, 0.1) is 0 Å². The molecule has 0 aliphatic carbocycles. The van der Waals surface area contributed by atoms with Crippen LogP contribution in [0.25, 0.3) is 0 Å². The molecule has 1 aromatic rings. The summed E-state index contributed by atoms with van der Waals surface area (Å²) in [7, 11) is 0. The first-order valence-electron chi connectivity index (χ1n) is 4.35. The van der Waals surface area contributed by atoms with Gasteiger partial charge in [0.2, 0.25) is 0 Å². The zero-order valence-corrected chi connectivity index (χ0v) is 7.12. The Morgan fingerprint density at radius 1 is 1.08 bits per heavy atom. The fourth-order valence-corrected chi connectivity index (χ4v) is 1.97. The van der Waals surface area contributed by atoms with Gasteiger partial charge in [-0.05, 0) is 16.7 Å². The van der Waals surface area contributed by atoms with Gasteiger partial charge in [-0.1, -0.05) is 18.2 Å². The van der Waals surface area contributed by atoms with Gasteiger partial charge in [0.1, 0.15) is 6.61 Å². The van der Waals surface area contributed by atoms with Crippen LogP contribution in [0.3, 0.4) is 0 Å². The summed E-state index contributed by atoms with van der Waals surface area (Å²) in [6.45, 7) is 1.80. The molecule has 3 aliphatic heterocycles. The van der Waals surface area contributed by atoms with Gasteiger partial charge in [0.05, 0.1) is 0 Å². The van der Waals surface area contributed by atoms with E-state index in [4.69, 9.17) is 4.74 Å². The number of amides is 1. The average Bonchev–Trinajstić information content (AvgIpc) is 2.11. The van der Waals surface area contributed by atoms with Crippen LogP contribution in [-0.4, -0.2) is 11.0 Å². The predicted octanol–water partition coefficient (Wildman–Crippen LogP) is 1.65. The maximum atomic E-state index is 11.4. The summed E-state index contributed by atoms with van der Waals surface area (Å²) in [5, 5.41) is 0. The van der Waals surface area contributed by atoms with Gasteiger partial charge < -0.3 is 4.74 Å². The van der Waals surface area contributed by atoms with Crippen molar-refractivity contribution in [2.24, 2.45) is 0 Å². The zero-order valence-electron chi connectivity index (χ0n) is 7.12. The van der Waals surface area contributed by atoms with Crippen molar-refractivity contribution in [3.63, 3.8) is 0 Å². The summed E-state index contributed by atoms with van der Waals surface area (Å²) >= 11 is 0. The first-order valence-corrected chi connectivity index (χ1v) is 4.35. The fourth-order valence-electron chi connectivity index (χ4n) is 1.97. The topological polar surface area (TPSA) is 29.5 Å². The van der Waals surface area contributed by atoms with Crippen molar-refractivity contribution in [3.8, 4) is 0 Å². The third-order valence-electron chi connectivity index (χ3n) is 2.48. The normalized spacial score (nSPS) is 18.5. The van der Waals surface area contributed by atoms with Crippen LogP contribution in [0.1, 0.15) is 16.7 Å². The average molecular weight is 175 g/mol. The lowest BCUT2D eigenvalue weighted by Gasteiger charge is -2.30. The standard InChI is InChI=1S/C10H9NO2/c12-10-11-4-7-1-8(5-11)3-9(2-7)6-13-10/h1-3H,4-6H2. The van der Waals surface area contributed by atoms with Crippen molar-refractivity contribution in [2.75, 3.05) is 0 Å². The van der Waals surface area contributed by atoms with Crippen molar-refractivity contribution < 1.29 is 9.53 Å². The maximum Gasteiger partial charge on any atom is 0.410 e. The number of benzene rings is 1. The van der Waals surface area contributed by atoms with Crippen LogP contribution >= 0.6 is 0 Å². The highest BCUT2D eigenvalue weighted by molar-refractivity contribution is 5.69. The van der Waals surface area contributed by atoms with E-state index in [1.807, 2.05) is 0 Å². The monoisotopic (exact) mass is 175 g/mol. The van der Waals surface area contributed by atoms with E-state index in [0.717, 1.165) is 5.56 Å². The SMILES string of the molecule is O=C1OCc2cc3cc(c2)CN1C3. The highest BCUT2D eigenvalue weighted by Crippen LogP contribution is 2.24. The molecular weight excluding hydrogens is 166 g/mol. The summed E-state index contributed by atoms with van der Waals surface area (Å²) < 4.78 is 5.07. The molecule has 0 spiro atoms. The molecule has 4 rings (SSSR count). The third-order valence-corrected chi connectivity index (χ3v) is 2.48. The van der Waals surface area contributed by atoms with Crippen LogP contribution in [0.4, 0.5) is 4.79 Å².